The first kappa shape index (κ1) is 28.0. The monoisotopic (exact) mass is 567 g/mol. The van der Waals surface area contributed by atoms with Crippen LogP contribution in [0.1, 0.15) is 34.2 Å². The number of halogens is 1. The molecule has 5 aromatic rings. The van der Waals surface area contributed by atoms with Crippen molar-refractivity contribution in [2.75, 3.05) is 7.11 Å². The Morgan fingerprint density at radius 3 is 2.17 bits per heavy atom. The fourth-order valence-electron chi connectivity index (χ4n) is 4.53. The van der Waals surface area contributed by atoms with Crippen molar-refractivity contribution in [2.45, 2.75) is 32.4 Å². The van der Waals surface area contributed by atoms with Crippen LogP contribution in [0.25, 0.3) is 22.1 Å². The molecule has 0 aliphatic rings. The Bertz CT molecular complexity index is 1640. The first-order valence-electron chi connectivity index (χ1n) is 13.4. The minimum absolute atomic E-state index is 0.109. The summed E-state index contributed by atoms with van der Waals surface area (Å²) in [4.78, 5) is 25.6. The van der Waals surface area contributed by atoms with Gasteiger partial charge in [0.1, 0.15) is 24.0 Å². The molecule has 5 rings (SSSR count). The Labute approximate surface area is 243 Å². The fourth-order valence-corrected chi connectivity index (χ4v) is 4.65. The van der Waals surface area contributed by atoms with E-state index in [0.29, 0.717) is 23.0 Å². The first-order valence-corrected chi connectivity index (χ1v) is 13.8. The Kier molecular flexibility index (Phi) is 8.70. The van der Waals surface area contributed by atoms with Crippen LogP contribution in [0.15, 0.2) is 101 Å². The van der Waals surface area contributed by atoms with E-state index in [0.717, 1.165) is 34.1 Å². The lowest BCUT2D eigenvalue weighted by Gasteiger charge is -2.16. The normalized spacial score (nSPS) is 11.7. The van der Waals surface area contributed by atoms with Crippen molar-refractivity contribution < 1.29 is 23.5 Å². The second-order valence-electron chi connectivity index (χ2n) is 9.73. The molecule has 0 saturated heterocycles. The van der Waals surface area contributed by atoms with Crippen molar-refractivity contribution in [1.82, 2.24) is 5.32 Å². The van der Waals surface area contributed by atoms with Crippen LogP contribution >= 0.6 is 11.6 Å². The number of hydrogen-bond acceptors (Lipinski definition) is 5. The number of furan rings is 1. The molecule has 0 spiro atoms. The zero-order valence-corrected chi connectivity index (χ0v) is 23.6. The molecule has 1 aromatic heterocycles. The number of amides is 1. The number of esters is 1. The summed E-state index contributed by atoms with van der Waals surface area (Å²) in [5.41, 5.74) is 5.70. The molecule has 0 unspecified atom stereocenters. The van der Waals surface area contributed by atoms with Crippen LogP contribution in [0.3, 0.4) is 0 Å². The van der Waals surface area contributed by atoms with Gasteiger partial charge >= 0.3 is 5.97 Å². The van der Waals surface area contributed by atoms with Crippen molar-refractivity contribution in [2.24, 2.45) is 0 Å². The summed E-state index contributed by atoms with van der Waals surface area (Å²) in [6, 6.07) is 29.8. The van der Waals surface area contributed by atoms with Crippen LogP contribution in [0, 0.1) is 0 Å². The lowest BCUT2D eigenvalue weighted by atomic mass is 10.0. The van der Waals surface area contributed by atoms with Gasteiger partial charge in [0.25, 0.3) is 5.91 Å². The number of carbonyl (C=O) groups is 2. The van der Waals surface area contributed by atoms with E-state index < -0.39 is 17.9 Å². The molecule has 0 aliphatic heterocycles. The van der Waals surface area contributed by atoms with E-state index in [2.05, 4.69) is 36.5 Å². The third-order valence-corrected chi connectivity index (χ3v) is 7.16. The highest BCUT2D eigenvalue weighted by Gasteiger charge is 2.24. The van der Waals surface area contributed by atoms with Crippen molar-refractivity contribution >= 4 is 34.4 Å². The van der Waals surface area contributed by atoms with E-state index in [-0.39, 0.29) is 12.2 Å². The largest absolute Gasteiger partial charge is 0.489 e. The van der Waals surface area contributed by atoms with Crippen LogP contribution in [-0.4, -0.2) is 25.0 Å². The van der Waals surface area contributed by atoms with Gasteiger partial charge in [0, 0.05) is 16.8 Å². The summed E-state index contributed by atoms with van der Waals surface area (Å²) < 4.78 is 16.7. The minimum Gasteiger partial charge on any atom is -0.489 e. The second-order valence-corrected chi connectivity index (χ2v) is 10.2. The molecule has 6 nitrogen and oxygen atoms in total. The molecule has 4 aromatic carbocycles. The van der Waals surface area contributed by atoms with Gasteiger partial charge in [-0.1, -0.05) is 79.2 Å². The smallest absolute Gasteiger partial charge is 0.328 e. The number of nitrogens with one attached hydrogen (secondary N) is 1. The van der Waals surface area contributed by atoms with Crippen molar-refractivity contribution in [3.05, 3.63) is 125 Å². The third kappa shape index (κ3) is 6.97. The highest BCUT2D eigenvalue weighted by atomic mass is 35.5. The fraction of sp³-hybridized carbons (Fsp3) is 0.176. The highest BCUT2D eigenvalue weighted by molar-refractivity contribution is 6.30. The molecule has 0 bridgehead atoms. The maximum Gasteiger partial charge on any atom is 0.328 e. The number of fused-ring (bicyclic) bond motifs is 1. The predicted octanol–water partition coefficient (Wildman–Crippen LogP) is 7.41. The molecule has 1 N–H and O–H groups in total. The van der Waals surface area contributed by atoms with E-state index in [9.17, 15) is 9.59 Å². The van der Waals surface area contributed by atoms with Gasteiger partial charge < -0.3 is 19.2 Å². The van der Waals surface area contributed by atoms with Crippen molar-refractivity contribution in [3.8, 4) is 16.9 Å². The summed E-state index contributed by atoms with van der Waals surface area (Å²) in [6.45, 7) is 2.59. The van der Waals surface area contributed by atoms with E-state index in [1.165, 1.54) is 12.7 Å². The number of hydrogen-bond donors (Lipinski definition) is 1. The van der Waals surface area contributed by atoms with Crippen LogP contribution in [0.4, 0.5) is 0 Å². The zero-order valence-electron chi connectivity index (χ0n) is 22.9. The quantitative estimate of drug-likeness (QED) is 0.178. The molecule has 7 heteroatoms. The van der Waals surface area contributed by atoms with Crippen molar-refractivity contribution in [3.63, 3.8) is 0 Å². The Morgan fingerprint density at radius 1 is 0.829 bits per heavy atom. The third-order valence-electron chi connectivity index (χ3n) is 6.91. The Morgan fingerprint density at radius 2 is 1.49 bits per heavy atom. The molecule has 1 heterocycles. The van der Waals surface area contributed by atoms with Gasteiger partial charge in [0.05, 0.1) is 7.11 Å². The van der Waals surface area contributed by atoms with Crippen LogP contribution in [0.5, 0.6) is 5.75 Å². The standard InChI is InChI=1S/C34H30ClNO5/c1-3-22-4-6-24(7-5-22)21-40-29-16-8-23(9-17-29)18-30(34(38)39-2)36-33(37)32-20-27-11-10-26(19-31(27)41-32)25-12-14-28(35)15-13-25/h4-17,19-20,30H,3,18,21H2,1-2H3,(H,36,37)/t30-/m0/s1. The van der Waals surface area contributed by atoms with Gasteiger partial charge in [0.2, 0.25) is 0 Å². The molecule has 0 aliphatic carbocycles. The summed E-state index contributed by atoms with van der Waals surface area (Å²) in [5, 5.41) is 4.20. The number of benzene rings is 4. The molecule has 0 fully saturated rings. The van der Waals surface area contributed by atoms with Crippen molar-refractivity contribution in [1.29, 1.82) is 0 Å². The molecule has 1 atom stereocenters. The van der Waals surface area contributed by atoms with Crippen LogP contribution < -0.4 is 10.1 Å². The number of methoxy groups -OCH3 is 1. The Hall–Kier alpha value is -4.55. The van der Waals surface area contributed by atoms with E-state index >= 15 is 0 Å². The van der Waals surface area contributed by atoms with E-state index in [1.807, 2.05) is 66.7 Å². The zero-order chi connectivity index (χ0) is 28.8. The van der Waals surface area contributed by atoms with Gasteiger partial charge in [-0.15, -0.1) is 0 Å². The highest BCUT2D eigenvalue weighted by Crippen LogP contribution is 2.28. The summed E-state index contributed by atoms with van der Waals surface area (Å²) in [7, 11) is 1.30. The Balaban J connectivity index is 1.24. The summed E-state index contributed by atoms with van der Waals surface area (Å²) >= 11 is 6.00. The maximum absolute atomic E-state index is 13.1. The molecular weight excluding hydrogens is 538 g/mol. The maximum atomic E-state index is 13.1. The SMILES string of the molecule is CCc1ccc(COc2ccc(C[C@H](NC(=O)c3cc4ccc(-c5ccc(Cl)cc5)cc4o3)C(=O)OC)cc2)cc1. The number of carbonyl (C=O) groups excluding carboxylic acids is 2. The average Bonchev–Trinajstić information content (AvgIpc) is 3.44. The summed E-state index contributed by atoms with van der Waals surface area (Å²) in [5.74, 6) is -0.223. The first-order chi connectivity index (χ1) is 19.9. The lowest BCUT2D eigenvalue weighted by Crippen LogP contribution is -2.42. The van der Waals surface area contributed by atoms with Gasteiger partial charge in [0.15, 0.2) is 5.76 Å². The molecule has 41 heavy (non-hydrogen) atoms. The topological polar surface area (TPSA) is 77.8 Å². The van der Waals surface area contributed by atoms with Crippen LogP contribution in [0.2, 0.25) is 5.02 Å². The van der Waals surface area contributed by atoms with Gasteiger partial charge in [-0.3, -0.25) is 4.79 Å². The second kappa shape index (κ2) is 12.7. The van der Waals surface area contributed by atoms with Gasteiger partial charge in [-0.05, 0) is 70.6 Å². The van der Waals surface area contributed by atoms with E-state index in [4.69, 9.17) is 25.5 Å². The number of aryl methyl sites for hydroxylation is 1. The molecule has 1 amide bonds. The number of rotatable bonds is 10. The van der Waals surface area contributed by atoms with Crippen LogP contribution in [-0.2, 0) is 29.0 Å². The van der Waals surface area contributed by atoms with E-state index in [1.54, 1.807) is 6.07 Å². The summed E-state index contributed by atoms with van der Waals surface area (Å²) in [6.07, 6.45) is 1.25. The average molecular weight is 568 g/mol. The lowest BCUT2D eigenvalue weighted by molar-refractivity contribution is -0.142. The van der Waals surface area contributed by atoms with Gasteiger partial charge in [-0.25, -0.2) is 4.79 Å². The predicted molar refractivity (Wildman–Crippen MR) is 160 cm³/mol. The molecule has 0 saturated carbocycles. The molecule has 0 radical (unpaired) electrons. The number of ether oxygens (including phenoxy) is 2. The molecular formula is C34H30ClNO5. The van der Waals surface area contributed by atoms with Gasteiger partial charge in [-0.2, -0.15) is 0 Å². The minimum atomic E-state index is -0.894. The molecule has 208 valence electrons.